The van der Waals surface area contributed by atoms with Crippen LogP contribution in [-0.2, 0) is 0 Å². The molecule has 1 aliphatic heterocycles. The number of hydrazone groups is 1. The normalized spacial score (nSPS) is 15.9. The van der Waals surface area contributed by atoms with E-state index in [1.807, 2.05) is 0 Å². The standard InChI is InChI=1S/C19H15ClN4O4/c20-11-2-1-3-12(8-11)24-18(27)16(17(26)21-19(24)28)15-9-14(22-23-15)10-4-6-13(25)7-5-10/h1-8,14,22,25,27H,9H2,(H,21,26,28)/t14-/m0/s1. The second-order valence-corrected chi connectivity index (χ2v) is 6.75. The van der Waals surface area contributed by atoms with E-state index in [-0.39, 0.29) is 17.4 Å². The monoisotopic (exact) mass is 398 g/mol. The minimum atomic E-state index is -0.782. The first-order chi connectivity index (χ1) is 13.4. The third kappa shape index (κ3) is 3.14. The van der Waals surface area contributed by atoms with Crippen LogP contribution in [0.4, 0.5) is 0 Å². The molecule has 0 radical (unpaired) electrons. The van der Waals surface area contributed by atoms with Crippen LogP contribution < -0.4 is 16.7 Å². The first-order valence-electron chi connectivity index (χ1n) is 8.39. The molecule has 28 heavy (non-hydrogen) atoms. The van der Waals surface area contributed by atoms with Crippen LogP contribution in [0.5, 0.6) is 11.6 Å². The molecule has 0 saturated carbocycles. The van der Waals surface area contributed by atoms with E-state index in [0.717, 1.165) is 10.1 Å². The number of phenolic OH excluding ortho intramolecular Hbond substituents is 1. The Morgan fingerprint density at radius 3 is 2.57 bits per heavy atom. The van der Waals surface area contributed by atoms with Gasteiger partial charge in [-0.2, -0.15) is 5.10 Å². The Morgan fingerprint density at radius 1 is 1.11 bits per heavy atom. The average molecular weight is 399 g/mol. The van der Waals surface area contributed by atoms with Gasteiger partial charge in [0, 0.05) is 11.4 Å². The summed E-state index contributed by atoms with van der Waals surface area (Å²) in [4.78, 5) is 26.9. The van der Waals surface area contributed by atoms with E-state index in [4.69, 9.17) is 11.6 Å². The molecular weight excluding hydrogens is 384 g/mol. The van der Waals surface area contributed by atoms with Crippen LogP contribution in [-0.4, -0.2) is 25.5 Å². The van der Waals surface area contributed by atoms with Gasteiger partial charge in [-0.15, -0.1) is 0 Å². The molecule has 0 spiro atoms. The van der Waals surface area contributed by atoms with Gasteiger partial charge in [-0.05, 0) is 35.9 Å². The SMILES string of the molecule is O=c1[nH]c(=O)n(-c2cccc(Cl)c2)c(O)c1C1=NN[C@H](c2ccc(O)cc2)C1. The van der Waals surface area contributed by atoms with Crippen LogP contribution in [0.1, 0.15) is 23.6 Å². The Morgan fingerprint density at radius 2 is 1.86 bits per heavy atom. The topological polar surface area (TPSA) is 120 Å². The lowest BCUT2D eigenvalue weighted by Gasteiger charge is -2.12. The molecule has 9 heteroatoms. The van der Waals surface area contributed by atoms with Crippen molar-refractivity contribution in [3.05, 3.63) is 85.5 Å². The number of aromatic hydroxyl groups is 2. The van der Waals surface area contributed by atoms with Crippen molar-refractivity contribution in [1.29, 1.82) is 0 Å². The van der Waals surface area contributed by atoms with Gasteiger partial charge in [-0.25, -0.2) is 9.36 Å². The summed E-state index contributed by atoms with van der Waals surface area (Å²) in [6.45, 7) is 0. The van der Waals surface area contributed by atoms with Crippen LogP contribution in [0, 0.1) is 0 Å². The van der Waals surface area contributed by atoms with E-state index in [1.54, 1.807) is 42.5 Å². The van der Waals surface area contributed by atoms with E-state index in [0.29, 0.717) is 22.8 Å². The highest BCUT2D eigenvalue weighted by Gasteiger charge is 2.27. The van der Waals surface area contributed by atoms with Crippen LogP contribution in [0.25, 0.3) is 5.69 Å². The molecule has 3 aromatic rings. The molecule has 0 saturated heterocycles. The third-order valence-corrected chi connectivity index (χ3v) is 4.72. The Bertz CT molecular complexity index is 1200. The number of aromatic nitrogens is 2. The average Bonchev–Trinajstić information content (AvgIpc) is 3.11. The van der Waals surface area contributed by atoms with Gasteiger partial charge in [0.15, 0.2) is 0 Å². The van der Waals surface area contributed by atoms with Gasteiger partial charge in [-0.1, -0.05) is 29.8 Å². The Kier molecular flexibility index (Phi) is 4.40. The van der Waals surface area contributed by atoms with Crippen molar-refractivity contribution in [2.24, 2.45) is 5.10 Å². The van der Waals surface area contributed by atoms with E-state index < -0.39 is 17.1 Å². The highest BCUT2D eigenvalue weighted by molar-refractivity contribution is 6.30. The van der Waals surface area contributed by atoms with Crippen molar-refractivity contribution < 1.29 is 10.2 Å². The van der Waals surface area contributed by atoms with Crippen molar-refractivity contribution in [2.75, 3.05) is 0 Å². The molecule has 4 N–H and O–H groups in total. The van der Waals surface area contributed by atoms with Gasteiger partial charge < -0.3 is 15.6 Å². The predicted molar refractivity (Wildman–Crippen MR) is 104 cm³/mol. The summed E-state index contributed by atoms with van der Waals surface area (Å²) in [6, 6.07) is 12.7. The lowest BCUT2D eigenvalue weighted by molar-refractivity contribution is 0.429. The number of hydrogen-bond acceptors (Lipinski definition) is 6. The number of nitrogens with one attached hydrogen (secondary N) is 2. The summed E-state index contributed by atoms with van der Waals surface area (Å²) in [6.07, 6.45) is 0.315. The molecule has 2 heterocycles. The van der Waals surface area contributed by atoms with Gasteiger partial charge in [0.2, 0.25) is 5.88 Å². The smallest absolute Gasteiger partial charge is 0.335 e. The highest BCUT2D eigenvalue weighted by atomic mass is 35.5. The molecule has 4 rings (SSSR count). The summed E-state index contributed by atoms with van der Waals surface area (Å²) < 4.78 is 0.971. The van der Waals surface area contributed by atoms with E-state index in [2.05, 4.69) is 15.5 Å². The van der Waals surface area contributed by atoms with Crippen molar-refractivity contribution in [2.45, 2.75) is 12.5 Å². The van der Waals surface area contributed by atoms with E-state index in [9.17, 15) is 19.8 Å². The highest BCUT2D eigenvalue weighted by Crippen LogP contribution is 2.28. The molecule has 0 bridgehead atoms. The van der Waals surface area contributed by atoms with Gasteiger partial charge in [0.05, 0.1) is 17.4 Å². The fourth-order valence-electron chi connectivity index (χ4n) is 3.14. The molecule has 2 aromatic carbocycles. The molecule has 1 atom stereocenters. The molecule has 0 aliphatic carbocycles. The molecule has 0 unspecified atom stereocenters. The number of aromatic amines is 1. The predicted octanol–water partition coefficient (Wildman–Crippen LogP) is 2.03. The van der Waals surface area contributed by atoms with Gasteiger partial charge in [0.1, 0.15) is 11.3 Å². The number of nitrogens with zero attached hydrogens (tertiary/aromatic N) is 2. The van der Waals surface area contributed by atoms with Gasteiger partial charge in [-0.3, -0.25) is 9.78 Å². The van der Waals surface area contributed by atoms with Gasteiger partial charge in [0.25, 0.3) is 5.56 Å². The maximum atomic E-state index is 12.4. The lowest BCUT2D eigenvalue weighted by Crippen LogP contribution is -2.33. The Balaban J connectivity index is 1.75. The summed E-state index contributed by atoms with van der Waals surface area (Å²) >= 11 is 5.98. The zero-order valence-electron chi connectivity index (χ0n) is 14.4. The Labute approximate surface area is 163 Å². The largest absolute Gasteiger partial charge is 0.508 e. The van der Waals surface area contributed by atoms with Crippen molar-refractivity contribution in [1.82, 2.24) is 15.0 Å². The van der Waals surface area contributed by atoms with Crippen molar-refractivity contribution in [3.63, 3.8) is 0 Å². The maximum Gasteiger partial charge on any atom is 0.335 e. The van der Waals surface area contributed by atoms with Crippen molar-refractivity contribution in [3.8, 4) is 17.3 Å². The van der Waals surface area contributed by atoms with E-state index >= 15 is 0 Å². The zero-order chi connectivity index (χ0) is 19.8. The first-order valence-corrected chi connectivity index (χ1v) is 8.77. The molecule has 8 nitrogen and oxygen atoms in total. The number of halogens is 1. The third-order valence-electron chi connectivity index (χ3n) is 4.49. The molecule has 142 valence electrons. The first kappa shape index (κ1) is 17.9. The van der Waals surface area contributed by atoms with E-state index in [1.165, 1.54) is 6.07 Å². The minimum Gasteiger partial charge on any atom is -0.508 e. The van der Waals surface area contributed by atoms with Crippen molar-refractivity contribution >= 4 is 17.3 Å². The van der Waals surface area contributed by atoms with Crippen LogP contribution in [0.2, 0.25) is 5.02 Å². The number of rotatable bonds is 3. The number of phenols is 1. The molecular formula is C19H15ClN4O4. The summed E-state index contributed by atoms with van der Waals surface area (Å²) in [5, 5.41) is 24.7. The molecule has 1 aromatic heterocycles. The quantitative estimate of drug-likeness (QED) is 0.538. The van der Waals surface area contributed by atoms with Crippen LogP contribution in [0.3, 0.4) is 0 Å². The summed E-state index contributed by atoms with van der Waals surface area (Å²) in [5.74, 6) is -0.367. The summed E-state index contributed by atoms with van der Waals surface area (Å²) in [5.41, 5.74) is 2.80. The Hall–Kier alpha value is -3.52. The molecule has 0 amide bonds. The summed E-state index contributed by atoms with van der Waals surface area (Å²) in [7, 11) is 0. The fraction of sp³-hybridized carbons (Fsp3) is 0.105. The van der Waals surface area contributed by atoms with Crippen LogP contribution in [0.15, 0.2) is 63.2 Å². The maximum absolute atomic E-state index is 12.4. The zero-order valence-corrected chi connectivity index (χ0v) is 15.1. The fourth-order valence-corrected chi connectivity index (χ4v) is 3.32. The van der Waals surface area contributed by atoms with Gasteiger partial charge >= 0.3 is 5.69 Å². The minimum absolute atomic E-state index is 0.0895. The molecule has 0 fully saturated rings. The second kappa shape index (κ2) is 6.90. The number of benzene rings is 2. The number of H-pyrrole nitrogens is 1. The second-order valence-electron chi connectivity index (χ2n) is 6.31. The number of hydrogen-bond donors (Lipinski definition) is 4. The van der Waals surface area contributed by atoms with Crippen LogP contribution >= 0.6 is 11.6 Å². The molecule has 1 aliphatic rings. The lowest BCUT2D eigenvalue weighted by atomic mass is 10.00.